The molecule has 1 fully saturated rings. The maximum Gasteiger partial charge on any atom is 0.229 e. The van der Waals surface area contributed by atoms with Gasteiger partial charge in [-0.2, -0.15) is 0 Å². The van der Waals surface area contributed by atoms with Gasteiger partial charge in [-0.05, 0) is 42.2 Å². The Hall–Kier alpha value is -2.64. The fourth-order valence-electron chi connectivity index (χ4n) is 4.78. The summed E-state index contributed by atoms with van der Waals surface area (Å²) in [6.45, 7) is -0.735. The van der Waals surface area contributed by atoms with Gasteiger partial charge in [0.1, 0.15) is 30.5 Å². The van der Waals surface area contributed by atoms with Crippen LogP contribution in [-0.4, -0.2) is 95.4 Å². The minimum atomic E-state index is -1.59. The summed E-state index contributed by atoms with van der Waals surface area (Å²) in [5.74, 6) is 1.09. The number of fused-ring (bicyclic) bond motifs is 1. The lowest BCUT2D eigenvalue weighted by molar-refractivity contribution is -0.277. The predicted octanol–water partition coefficient (Wildman–Crippen LogP) is 0.0170. The maximum absolute atomic E-state index is 10.4. The third-order valence-corrected chi connectivity index (χ3v) is 6.80. The Balaban J connectivity index is 1.64. The van der Waals surface area contributed by atoms with Crippen LogP contribution in [0, 0.1) is 0 Å². The molecule has 7 atom stereocenters. The molecule has 1 saturated heterocycles. The summed E-state index contributed by atoms with van der Waals surface area (Å²) in [7, 11) is 2.97. The van der Waals surface area contributed by atoms with Crippen molar-refractivity contribution >= 4 is 0 Å². The molecule has 0 amide bonds. The monoisotopic (exact) mass is 522 g/mol. The van der Waals surface area contributed by atoms with Crippen LogP contribution in [0.4, 0.5) is 0 Å². The van der Waals surface area contributed by atoms with E-state index >= 15 is 0 Å². The topological polar surface area (TPSA) is 168 Å². The maximum atomic E-state index is 10.4. The second kappa shape index (κ2) is 11.8. The number of aliphatic hydroxyl groups is 6. The lowest BCUT2D eigenvalue weighted by Crippen LogP contribution is -2.60. The Labute approximate surface area is 214 Å². The molecule has 0 unspecified atom stereocenters. The van der Waals surface area contributed by atoms with E-state index in [0.717, 1.165) is 11.1 Å². The molecule has 2 aromatic rings. The van der Waals surface area contributed by atoms with Crippen LogP contribution < -0.4 is 18.9 Å². The highest BCUT2D eigenvalue weighted by Crippen LogP contribution is 2.51. The molecule has 0 spiro atoms. The highest BCUT2D eigenvalue weighted by molar-refractivity contribution is 5.56. The van der Waals surface area contributed by atoms with Crippen LogP contribution in [0.15, 0.2) is 30.3 Å². The standard InChI is InChI=1S/C26H34O11/c1-33-17-6-5-14(10-18(17)35-26-23(32)22(31)21(30)20(12-29)36-26)24-16(11-28)15-8-13(4-3-7-27)9-19(34-2)25(15)37-24/h5-6,8-10,16,20-24,26-32H,3-4,7,11-12H2,1-2H3/t16-,20+,21-,22-,23+,24+,26+/m1/s1. The van der Waals surface area contributed by atoms with Crippen LogP contribution in [0.3, 0.4) is 0 Å². The lowest BCUT2D eigenvalue weighted by atomic mass is 9.90. The van der Waals surface area contributed by atoms with Crippen LogP contribution in [0.2, 0.25) is 0 Å². The second-order valence-corrected chi connectivity index (χ2v) is 9.10. The van der Waals surface area contributed by atoms with Crippen molar-refractivity contribution in [3.63, 3.8) is 0 Å². The first-order valence-electron chi connectivity index (χ1n) is 12.1. The van der Waals surface area contributed by atoms with Gasteiger partial charge in [0.05, 0.1) is 33.4 Å². The van der Waals surface area contributed by atoms with Gasteiger partial charge in [-0.15, -0.1) is 0 Å². The van der Waals surface area contributed by atoms with Gasteiger partial charge < -0.3 is 54.3 Å². The number of aliphatic hydroxyl groups excluding tert-OH is 6. The Morgan fingerprint density at radius 1 is 0.838 bits per heavy atom. The molecule has 6 N–H and O–H groups in total. The molecular formula is C26H34O11. The van der Waals surface area contributed by atoms with E-state index in [1.807, 2.05) is 12.1 Å². The molecule has 4 rings (SSSR count). The quantitative estimate of drug-likeness (QED) is 0.249. The molecule has 37 heavy (non-hydrogen) atoms. The van der Waals surface area contributed by atoms with Crippen LogP contribution in [0.5, 0.6) is 23.0 Å². The smallest absolute Gasteiger partial charge is 0.229 e. The molecular weight excluding hydrogens is 488 g/mol. The molecule has 0 aromatic heterocycles. The molecule has 0 saturated carbocycles. The number of hydrogen-bond donors (Lipinski definition) is 6. The minimum Gasteiger partial charge on any atom is -0.493 e. The van der Waals surface area contributed by atoms with Crippen LogP contribution >= 0.6 is 0 Å². The van der Waals surface area contributed by atoms with Gasteiger partial charge >= 0.3 is 0 Å². The van der Waals surface area contributed by atoms with E-state index < -0.39 is 49.3 Å². The van der Waals surface area contributed by atoms with Gasteiger partial charge in [0, 0.05) is 12.2 Å². The Morgan fingerprint density at radius 3 is 2.24 bits per heavy atom. The van der Waals surface area contributed by atoms with E-state index in [0.29, 0.717) is 35.7 Å². The normalized spacial score (nSPS) is 28.9. The van der Waals surface area contributed by atoms with Crippen LogP contribution in [0.1, 0.15) is 35.1 Å². The number of benzene rings is 2. The van der Waals surface area contributed by atoms with E-state index in [-0.39, 0.29) is 19.0 Å². The van der Waals surface area contributed by atoms with Crippen LogP contribution in [0.25, 0.3) is 0 Å². The van der Waals surface area contributed by atoms with Gasteiger partial charge in [0.15, 0.2) is 23.0 Å². The molecule has 204 valence electrons. The Bertz CT molecular complexity index is 1060. The van der Waals surface area contributed by atoms with Crippen molar-refractivity contribution in [2.24, 2.45) is 0 Å². The summed E-state index contributed by atoms with van der Waals surface area (Å²) < 4.78 is 28.5. The largest absolute Gasteiger partial charge is 0.493 e. The van der Waals surface area contributed by atoms with Crippen LogP contribution in [-0.2, 0) is 11.2 Å². The Kier molecular flexibility index (Phi) is 8.75. The third-order valence-electron chi connectivity index (χ3n) is 6.80. The van der Waals surface area contributed by atoms with Crippen molar-refractivity contribution in [3.8, 4) is 23.0 Å². The number of hydrogen-bond acceptors (Lipinski definition) is 11. The Morgan fingerprint density at radius 2 is 1.59 bits per heavy atom. The zero-order valence-electron chi connectivity index (χ0n) is 20.7. The van der Waals surface area contributed by atoms with Crippen molar-refractivity contribution in [2.45, 2.75) is 55.6 Å². The molecule has 0 radical (unpaired) electrons. The van der Waals surface area contributed by atoms with Crippen molar-refractivity contribution in [1.82, 2.24) is 0 Å². The molecule has 0 bridgehead atoms. The van der Waals surface area contributed by atoms with E-state index in [2.05, 4.69) is 0 Å². The molecule has 11 nitrogen and oxygen atoms in total. The summed E-state index contributed by atoms with van der Waals surface area (Å²) in [6, 6.07) is 8.83. The predicted molar refractivity (Wildman–Crippen MR) is 129 cm³/mol. The first kappa shape index (κ1) is 27.4. The zero-order chi connectivity index (χ0) is 26.7. The summed E-state index contributed by atoms with van der Waals surface area (Å²) in [4.78, 5) is 0. The molecule has 0 aliphatic carbocycles. The van der Waals surface area contributed by atoms with Crippen molar-refractivity contribution in [1.29, 1.82) is 0 Å². The summed E-state index contributed by atoms with van der Waals surface area (Å²) in [6.07, 6.45) is -6.60. The minimum absolute atomic E-state index is 0.0605. The van der Waals surface area contributed by atoms with Gasteiger partial charge in [-0.25, -0.2) is 0 Å². The van der Waals surface area contributed by atoms with Crippen molar-refractivity contribution < 1.29 is 54.3 Å². The molecule has 2 heterocycles. The molecule has 2 aliphatic heterocycles. The van der Waals surface area contributed by atoms with E-state index in [1.165, 1.54) is 14.2 Å². The van der Waals surface area contributed by atoms with Gasteiger partial charge in [0.2, 0.25) is 6.29 Å². The molecule has 11 heteroatoms. The average molecular weight is 523 g/mol. The number of ether oxygens (including phenoxy) is 5. The molecule has 2 aromatic carbocycles. The first-order valence-corrected chi connectivity index (χ1v) is 12.1. The number of methoxy groups -OCH3 is 2. The number of aryl methyl sites for hydroxylation is 1. The van der Waals surface area contributed by atoms with E-state index in [4.69, 9.17) is 23.7 Å². The number of rotatable bonds is 10. The van der Waals surface area contributed by atoms with E-state index in [1.54, 1.807) is 18.2 Å². The first-order chi connectivity index (χ1) is 17.9. The summed E-state index contributed by atoms with van der Waals surface area (Å²) in [5, 5.41) is 59.6. The SMILES string of the molecule is COc1ccc([C@@H]2Oc3c(OC)cc(CCCO)cc3[C@H]2CO)cc1O[C@H]1O[C@@H](CO)[C@@H](O)[C@@H](O)[C@@H]1O. The fraction of sp³-hybridized carbons (Fsp3) is 0.538. The fourth-order valence-corrected chi connectivity index (χ4v) is 4.78. The lowest BCUT2D eigenvalue weighted by Gasteiger charge is -2.39. The molecule has 2 aliphatic rings. The van der Waals surface area contributed by atoms with Gasteiger partial charge in [-0.1, -0.05) is 12.1 Å². The second-order valence-electron chi connectivity index (χ2n) is 9.10. The van der Waals surface area contributed by atoms with Gasteiger partial charge in [-0.3, -0.25) is 0 Å². The zero-order valence-corrected chi connectivity index (χ0v) is 20.7. The van der Waals surface area contributed by atoms with Crippen molar-refractivity contribution in [3.05, 3.63) is 47.0 Å². The average Bonchev–Trinajstić information content (AvgIpc) is 3.30. The summed E-state index contributed by atoms with van der Waals surface area (Å²) >= 11 is 0. The highest BCUT2D eigenvalue weighted by Gasteiger charge is 2.45. The highest BCUT2D eigenvalue weighted by atomic mass is 16.7. The van der Waals surface area contributed by atoms with E-state index in [9.17, 15) is 30.6 Å². The van der Waals surface area contributed by atoms with Gasteiger partial charge in [0.25, 0.3) is 0 Å². The summed E-state index contributed by atoms with van der Waals surface area (Å²) in [5.41, 5.74) is 2.37. The van der Waals surface area contributed by atoms with Crippen molar-refractivity contribution in [2.75, 3.05) is 34.0 Å². The third kappa shape index (κ3) is 5.34.